The smallest absolute Gasteiger partial charge is 0.292 e. The first kappa shape index (κ1) is 12.1. The van der Waals surface area contributed by atoms with E-state index in [9.17, 15) is 9.90 Å². The van der Waals surface area contributed by atoms with Gasteiger partial charge < -0.3 is 14.5 Å². The molecular formula is C12H18N2O3. The Hall–Kier alpha value is -1.36. The number of hydrogen-bond acceptors (Lipinski definition) is 4. The van der Waals surface area contributed by atoms with Crippen molar-refractivity contribution in [3.05, 3.63) is 17.5 Å². The maximum Gasteiger partial charge on any atom is 0.292 e. The predicted molar refractivity (Wildman–Crippen MR) is 61.6 cm³/mol. The van der Waals surface area contributed by atoms with Gasteiger partial charge in [-0.2, -0.15) is 0 Å². The van der Waals surface area contributed by atoms with Crippen LogP contribution in [0.1, 0.15) is 42.3 Å². The molecular weight excluding hydrogens is 220 g/mol. The third kappa shape index (κ3) is 2.66. The van der Waals surface area contributed by atoms with E-state index in [1.165, 1.54) is 0 Å². The minimum Gasteiger partial charge on any atom is -0.390 e. The highest BCUT2D eigenvalue weighted by Gasteiger charge is 2.29. The molecule has 1 aliphatic rings. The summed E-state index contributed by atoms with van der Waals surface area (Å²) in [4.78, 5) is 13.9. The van der Waals surface area contributed by atoms with Crippen LogP contribution in [0.25, 0.3) is 0 Å². The van der Waals surface area contributed by atoms with Gasteiger partial charge in [0.2, 0.25) is 5.76 Å². The molecule has 5 heteroatoms. The first-order valence-electron chi connectivity index (χ1n) is 5.92. The molecule has 17 heavy (non-hydrogen) atoms. The van der Waals surface area contributed by atoms with Crippen molar-refractivity contribution in [3.8, 4) is 0 Å². The monoisotopic (exact) mass is 238 g/mol. The lowest BCUT2D eigenvalue weighted by atomic mass is 9.98. The normalized spacial score (nSPS) is 25.7. The minimum absolute atomic E-state index is 0.127. The van der Waals surface area contributed by atoms with E-state index in [1.807, 2.05) is 6.92 Å². The van der Waals surface area contributed by atoms with Crippen molar-refractivity contribution in [2.45, 2.75) is 38.7 Å². The van der Waals surface area contributed by atoms with Crippen LogP contribution < -0.4 is 0 Å². The van der Waals surface area contributed by atoms with Crippen LogP contribution in [0.3, 0.4) is 0 Å². The molecule has 0 spiro atoms. The van der Waals surface area contributed by atoms with Gasteiger partial charge in [0.15, 0.2) is 0 Å². The summed E-state index contributed by atoms with van der Waals surface area (Å²) in [7, 11) is 0. The zero-order chi connectivity index (χ0) is 12.5. The molecule has 1 fully saturated rings. The lowest BCUT2D eigenvalue weighted by molar-refractivity contribution is 0.0433. The molecule has 0 saturated carbocycles. The van der Waals surface area contributed by atoms with Crippen molar-refractivity contribution >= 4 is 5.91 Å². The lowest BCUT2D eigenvalue weighted by Gasteiger charge is -2.21. The second-order valence-electron chi connectivity index (χ2n) is 4.98. The minimum atomic E-state index is -0.661. The number of aromatic nitrogens is 1. The fraction of sp³-hybridized carbons (Fsp3) is 0.667. The molecule has 1 N–H and O–H groups in total. The third-order valence-electron chi connectivity index (χ3n) is 3.29. The van der Waals surface area contributed by atoms with E-state index in [0.29, 0.717) is 25.3 Å². The summed E-state index contributed by atoms with van der Waals surface area (Å²) >= 11 is 0. The Morgan fingerprint density at radius 3 is 2.94 bits per heavy atom. The van der Waals surface area contributed by atoms with Gasteiger partial charge in [-0.1, -0.05) is 5.16 Å². The molecule has 2 rings (SSSR count). The van der Waals surface area contributed by atoms with Crippen LogP contribution >= 0.6 is 0 Å². The van der Waals surface area contributed by atoms with E-state index in [2.05, 4.69) is 5.16 Å². The first-order chi connectivity index (χ1) is 7.99. The first-order valence-corrected chi connectivity index (χ1v) is 5.92. The van der Waals surface area contributed by atoms with Gasteiger partial charge in [0.05, 0.1) is 11.8 Å². The van der Waals surface area contributed by atoms with E-state index in [4.69, 9.17) is 4.52 Å². The number of rotatable bonds is 1. The molecule has 0 radical (unpaired) electrons. The van der Waals surface area contributed by atoms with E-state index >= 15 is 0 Å². The molecule has 1 atom stereocenters. The van der Waals surface area contributed by atoms with Gasteiger partial charge in [-0.3, -0.25) is 4.79 Å². The molecule has 2 heterocycles. The molecule has 5 nitrogen and oxygen atoms in total. The van der Waals surface area contributed by atoms with Gasteiger partial charge in [0.1, 0.15) is 0 Å². The van der Waals surface area contributed by atoms with E-state index in [1.54, 1.807) is 18.0 Å². The molecule has 1 saturated heterocycles. The van der Waals surface area contributed by atoms with E-state index < -0.39 is 5.60 Å². The SMILES string of the molecule is Cc1cnoc1C(=O)N1CCCC(C)(O)CC1. The summed E-state index contributed by atoms with van der Waals surface area (Å²) in [5.41, 5.74) is 0.0943. The Kier molecular flexibility index (Phi) is 3.19. The van der Waals surface area contributed by atoms with Gasteiger partial charge in [-0.25, -0.2) is 0 Å². The van der Waals surface area contributed by atoms with Gasteiger partial charge in [0.25, 0.3) is 5.91 Å². The predicted octanol–water partition coefficient (Wildman–Crippen LogP) is 1.36. The Morgan fingerprint density at radius 2 is 2.29 bits per heavy atom. The van der Waals surface area contributed by atoms with Gasteiger partial charge in [-0.05, 0) is 33.1 Å². The number of likely N-dealkylation sites (tertiary alicyclic amines) is 1. The molecule has 1 aromatic heterocycles. The number of aryl methyl sites for hydroxylation is 1. The van der Waals surface area contributed by atoms with Crippen LogP contribution in [-0.4, -0.2) is 39.8 Å². The van der Waals surface area contributed by atoms with Crippen LogP contribution in [0.4, 0.5) is 0 Å². The molecule has 1 unspecified atom stereocenters. The van der Waals surface area contributed by atoms with Crippen molar-refractivity contribution in [2.75, 3.05) is 13.1 Å². The van der Waals surface area contributed by atoms with Gasteiger partial charge in [-0.15, -0.1) is 0 Å². The maximum absolute atomic E-state index is 12.2. The van der Waals surface area contributed by atoms with Gasteiger partial charge in [0, 0.05) is 18.7 Å². The Morgan fingerprint density at radius 1 is 1.53 bits per heavy atom. The molecule has 0 bridgehead atoms. The highest BCUT2D eigenvalue weighted by molar-refractivity contribution is 5.92. The van der Waals surface area contributed by atoms with Crippen LogP contribution in [0, 0.1) is 6.92 Å². The van der Waals surface area contributed by atoms with Crippen molar-refractivity contribution in [3.63, 3.8) is 0 Å². The standard InChI is InChI=1S/C12H18N2O3/c1-9-8-13-17-10(9)11(15)14-6-3-4-12(2,16)5-7-14/h8,16H,3-7H2,1-2H3. The van der Waals surface area contributed by atoms with E-state index in [0.717, 1.165) is 18.4 Å². The lowest BCUT2D eigenvalue weighted by Crippen LogP contribution is -2.33. The van der Waals surface area contributed by atoms with Crippen molar-refractivity contribution in [1.82, 2.24) is 10.1 Å². The molecule has 1 amide bonds. The van der Waals surface area contributed by atoms with Crippen molar-refractivity contribution in [2.24, 2.45) is 0 Å². The molecule has 0 aromatic carbocycles. The van der Waals surface area contributed by atoms with Crippen LogP contribution in [0.2, 0.25) is 0 Å². The largest absolute Gasteiger partial charge is 0.390 e. The molecule has 0 aliphatic carbocycles. The number of nitrogens with zero attached hydrogens (tertiary/aromatic N) is 2. The molecule has 1 aliphatic heterocycles. The Labute approximate surface area is 100 Å². The summed E-state index contributed by atoms with van der Waals surface area (Å²) < 4.78 is 4.97. The Balaban J connectivity index is 2.08. The number of hydrogen-bond donors (Lipinski definition) is 1. The van der Waals surface area contributed by atoms with Crippen LogP contribution in [0.5, 0.6) is 0 Å². The van der Waals surface area contributed by atoms with E-state index in [-0.39, 0.29) is 5.91 Å². The average molecular weight is 238 g/mol. The fourth-order valence-electron chi connectivity index (χ4n) is 2.11. The zero-order valence-corrected chi connectivity index (χ0v) is 10.3. The van der Waals surface area contributed by atoms with Crippen molar-refractivity contribution in [1.29, 1.82) is 0 Å². The number of carbonyl (C=O) groups excluding carboxylic acids is 1. The molecule has 1 aromatic rings. The summed E-state index contributed by atoms with van der Waals surface area (Å²) in [6, 6.07) is 0. The zero-order valence-electron chi connectivity index (χ0n) is 10.3. The van der Waals surface area contributed by atoms with Crippen molar-refractivity contribution < 1.29 is 14.4 Å². The number of carbonyl (C=O) groups is 1. The highest BCUT2D eigenvalue weighted by Crippen LogP contribution is 2.22. The number of aliphatic hydroxyl groups is 1. The second kappa shape index (κ2) is 4.49. The fourth-order valence-corrected chi connectivity index (χ4v) is 2.11. The second-order valence-corrected chi connectivity index (χ2v) is 4.98. The number of amides is 1. The van der Waals surface area contributed by atoms with Crippen LogP contribution in [-0.2, 0) is 0 Å². The molecule has 94 valence electrons. The van der Waals surface area contributed by atoms with Gasteiger partial charge >= 0.3 is 0 Å². The topological polar surface area (TPSA) is 66.6 Å². The summed E-state index contributed by atoms with van der Waals surface area (Å²) in [6.07, 6.45) is 3.69. The summed E-state index contributed by atoms with van der Waals surface area (Å²) in [5.74, 6) is 0.184. The average Bonchev–Trinajstić information content (AvgIpc) is 2.59. The third-order valence-corrected chi connectivity index (χ3v) is 3.29. The maximum atomic E-state index is 12.2. The van der Waals surface area contributed by atoms with Crippen LogP contribution in [0.15, 0.2) is 10.7 Å². The summed E-state index contributed by atoms with van der Waals surface area (Å²) in [5, 5.41) is 13.6. The quantitative estimate of drug-likeness (QED) is 0.802. The highest BCUT2D eigenvalue weighted by atomic mass is 16.5. The Bertz CT molecular complexity index is 412. The summed E-state index contributed by atoms with van der Waals surface area (Å²) in [6.45, 7) is 4.85.